The number of hydrogen-bond donors (Lipinski definition) is 2. The summed E-state index contributed by atoms with van der Waals surface area (Å²) in [4.78, 5) is 15.2. The highest BCUT2D eigenvalue weighted by atomic mass is 32.2. The van der Waals surface area contributed by atoms with E-state index in [4.69, 9.17) is 0 Å². The zero-order valence-electron chi connectivity index (χ0n) is 14.3. The number of rotatable bonds is 7. The minimum absolute atomic E-state index is 0.225. The molecule has 0 aliphatic heterocycles. The Labute approximate surface area is 150 Å². The van der Waals surface area contributed by atoms with Gasteiger partial charge in [0.2, 0.25) is 0 Å². The number of sulfonamides is 1. The molecule has 0 aromatic heterocycles. The summed E-state index contributed by atoms with van der Waals surface area (Å²) in [5.74, 6) is -2.86. The van der Waals surface area contributed by atoms with Crippen molar-refractivity contribution in [3.8, 4) is 0 Å². The van der Waals surface area contributed by atoms with Crippen LogP contribution in [-0.4, -0.2) is 27.4 Å². The molecule has 140 valence electrons. The van der Waals surface area contributed by atoms with Crippen LogP contribution in [0, 0.1) is 11.6 Å². The van der Waals surface area contributed by atoms with Gasteiger partial charge in [0.25, 0.3) is 15.9 Å². The fourth-order valence-electron chi connectivity index (χ4n) is 2.35. The first kappa shape index (κ1) is 19.8. The number of anilines is 1. The van der Waals surface area contributed by atoms with Crippen molar-refractivity contribution in [2.45, 2.75) is 18.7 Å². The van der Waals surface area contributed by atoms with Crippen molar-refractivity contribution in [2.24, 2.45) is 0 Å². The summed E-state index contributed by atoms with van der Waals surface area (Å²) < 4.78 is 50.5. The Morgan fingerprint density at radius 1 is 1.04 bits per heavy atom. The van der Waals surface area contributed by atoms with Gasteiger partial charge in [0.05, 0.1) is 0 Å². The third-order valence-corrected chi connectivity index (χ3v) is 5.02. The molecule has 2 aromatic carbocycles. The first-order valence-electron chi connectivity index (χ1n) is 7.90. The highest BCUT2D eigenvalue weighted by molar-refractivity contribution is 7.89. The summed E-state index contributed by atoms with van der Waals surface area (Å²) in [6.45, 7) is 5.64. The van der Waals surface area contributed by atoms with E-state index in [-0.39, 0.29) is 5.56 Å². The van der Waals surface area contributed by atoms with Crippen LogP contribution in [0.4, 0.5) is 14.5 Å². The number of hydrazine groups is 1. The number of halogens is 2. The smallest absolute Gasteiger partial charge is 0.266 e. The second-order valence-electron chi connectivity index (χ2n) is 5.35. The van der Waals surface area contributed by atoms with Crippen LogP contribution in [0.15, 0.2) is 47.4 Å². The number of nitrogens with zero attached hydrogens (tertiary/aromatic N) is 1. The van der Waals surface area contributed by atoms with Gasteiger partial charge in [-0.2, -0.15) is 0 Å². The summed E-state index contributed by atoms with van der Waals surface area (Å²) in [6.07, 6.45) is 0. The maximum Gasteiger partial charge on any atom is 0.266 e. The van der Waals surface area contributed by atoms with E-state index in [1.165, 1.54) is 0 Å². The molecule has 2 N–H and O–H groups in total. The van der Waals surface area contributed by atoms with Crippen LogP contribution in [0.5, 0.6) is 0 Å². The summed E-state index contributed by atoms with van der Waals surface area (Å²) >= 11 is 0. The monoisotopic (exact) mass is 383 g/mol. The van der Waals surface area contributed by atoms with E-state index in [1.807, 2.05) is 19.3 Å². The van der Waals surface area contributed by atoms with Crippen molar-refractivity contribution in [1.82, 2.24) is 10.3 Å². The van der Waals surface area contributed by atoms with Gasteiger partial charge in [-0.15, -0.1) is 4.83 Å². The molecule has 0 saturated carbocycles. The van der Waals surface area contributed by atoms with Gasteiger partial charge < -0.3 is 4.90 Å². The maximum absolute atomic E-state index is 13.6. The zero-order valence-corrected chi connectivity index (χ0v) is 15.1. The van der Waals surface area contributed by atoms with Crippen LogP contribution in [-0.2, 0) is 10.0 Å². The highest BCUT2D eigenvalue weighted by Crippen LogP contribution is 2.16. The zero-order chi connectivity index (χ0) is 19.3. The van der Waals surface area contributed by atoms with Crippen LogP contribution in [0.3, 0.4) is 0 Å². The Bertz CT molecular complexity index is 883. The number of hydrogen-bond acceptors (Lipinski definition) is 4. The topological polar surface area (TPSA) is 78.5 Å². The van der Waals surface area contributed by atoms with E-state index in [1.54, 1.807) is 29.1 Å². The van der Waals surface area contributed by atoms with E-state index in [9.17, 15) is 22.0 Å². The van der Waals surface area contributed by atoms with Gasteiger partial charge in [0, 0.05) is 30.4 Å². The van der Waals surface area contributed by atoms with Crippen LogP contribution in [0.1, 0.15) is 24.2 Å². The van der Waals surface area contributed by atoms with Crippen molar-refractivity contribution < 1.29 is 22.0 Å². The van der Waals surface area contributed by atoms with E-state index in [2.05, 4.69) is 4.90 Å². The molecule has 0 atom stereocenters. The normalized spacial score (nSPS) is 11.2. The van der Waals surface area contributed by atoms with Crippen LogP contribution >= 0.6 is 0 Å². The number of carbonyl (C=O) groups is 1. The van der Waals surface area contributed by atoms with Crippen LogP contribution < -0.4 is 15.2 Å². The number of benzene rings is 2. The van der Waals surface area contributed by atoms with Gasteiger partial charge in [0.15, 0.2) is 0 Å². The lowest BCUT2D eigenvalue weighted by Gasteiger charge is -2.21. The Hall–Kier alpha value is -2.52. The molecule has 26 heavy (non-hydrogen) atoms. The molecule has 0 heterocycles. The fourth-order valence-corrected chi connectivity index (χ4v) is 3.25. The molecule has 2 aromatic rings. The molecule has 9 heteroatoms. The number of amides is 1. The molecule has 0 saturated heterocycles. The molecule has 0 fully saturated rings. The van der Waals surface area contributed by atoms with Gasteiger partial charge in [-0.1, -0.05) is 0 Å². The Morgan fingerprint density at radius 3 is 2.19 bits per heavy atom. The van der Waals surface area contributed by atoms with Gasteiger partial charge in [0.1, 0.15) is 16.5 Å². The Morgan fingerprint density at radius 2 is 1.65 bits per heavy atom. The van der Waals surface area contributed by atoms with Crippen molar-refractivity contribution in [1.29, 1.82) is 0 Å². The minimum atomic E-state index is -4.37. The van der Waals surface area contributed by atoms with Gasteiger partial charge in [-0.05, 0) is 50.2 Å². The summed E-state index contributed by atoms with van der Waals surface area (Å²) in [6, 6.07) is 8.63. The average Bonchev–Trinajstić information content (AvgIpc) is 2.61. The standard InChI is InChI=1S/C17H19F2N3O3S/c1-3-22(4-2)14-8-5-12(6-9-14)17(23)20-21-26(24,25)16-10-7-13(18)11-15(16)19/h5-11,21H,3-4H2,1-2H3,(H,20,23). The predicted octanol–water partition coefficient (Wildman–Crippen LogP) is 2.43. The van der Waals surface area contributed by atoms with E-state index in [0.717, 1.165) is 30.9 Å². The van der Waals surface area contributed by atoms with E-state index in [0.29, 0.717) is 6.07 Å². The van der Waals surface area contributed by atoms with Crippen molar-refractivity contribution in [3.63, 3.8) is 0 Å². The molecular weight excluding hydrogens is 364 g/mol. The first-order valence-corrected chi connectivity index (χ1v) is 9.39. The number of nitrogens with one attached hydrogen (secondary N) is 2. The third kappa shape index (κ3) is 4.55. The molecular formula is C17H19F2N3O3S. The number of carbonyl (C=O) groups excluding carboxylic acids is 1. The van der Waals surface area contributed by atoms with Crippen LogP contribution in [0.2, 0.25) is 0 Å². The summed E-state index contributed by atoms with van der Waals surface area (Å²) in [7, 11) is -4.37. The average molecular weight is 383 g/mol. The SMILES string of the molecule is CCN(CC)c1ccc(C(=O)NNS(=O)(=O)c2ccc(F)cc2F)cc1. The molecule has 6 nitrogen and oxygen atoms in total. The van der Waals surface area contributed by atoms with Gasteiger partial charge in [-0.25, -0.2) is 17.2 Å². The molecule has 0 spiro atoms. The van der Waals surface area contributed by atoms with Gasteiger partial charge in [-0.3, -0.25) is 10.2 Å². The van der Waals surface area contributed by atoms with E-state index < -0.39 is 32.5 Å². The quantitative estimate of drug-likeness (QED) is 0.720. The molecule has 0 unspecified atom stereocenters. The summed E-state index contributed by atoms with van der Waals surface area (Å²) in [5, 5.41) is 0. The Balaban J connectivity index is 2.08. The molecule has 1 amide bonds. The molecule has 0 aliphatic carbocycles. The maximum atomic E-state index is 13.6. The fraction of sp³-hybridized carbons (Fsp3) is 0.235. The first-order chi connectivity index (χ1) is 12.3. The third-order valence-electron chi connectivity index (χ3n) is 3.74. The lowest BCUT2D eigenvalue weighted by molar-refractivity contribution is 0.0945. The van der Waals surface area contributed by atoms with Crippen molar-refractivity contribution in [2.75, 3.05) is 18.0 Å². The second-order valence-corrected chi connectivity index (χ2v) is 7.00. The molecule has 2 rings (SSSR count). The molecule has 0 aliphatic rings. The predicted molar refractivity (Wildman–Crippen MR) is 94.1 cm³/mol. The Kier molecular flexibility index (Phi) is 6.27. The minimum Gasteiger partial charge on any atom is -0.372 e. The summed E-state index contributed by atoms with van der Waals surface area (Å²) in [5.41, 5.74) is 3.16. The lowest BCUT2D eigenvalue weighted by Crippen LogP contribution is -2.41. The van der Waals surface area contributed by atoms with Crippen molar-refractivity contribution >= 4 is 21.6 Å². The largest absolute Gasteiger partial charge is 0.372 e. The van der Waals surface area contributed by atoms with E-state index >= 15 is 0 Å². The molecule has 0 radical (unpaired) electrons. The molecule has 0 bridgehead atoms. The second kappa shape index (κ2) is 8.24. The van der Waals surface area contributed by atoms with Crippen LogP contribution in [0.25, 0.3) is 0 Å². The highest BCUT2D eigenvalue weighted by Gasteiger charge is 2.20. The van der Waals surface area contributed by atoms with Crippen molar-refractivity contribution in [3.05, 3.63) is 59.7 Å². The van der Waals surface area contributed by atoms with Gasteiger partial charge >= 0.3 is 0 Å². The lowest BCUT2D eigenvalue weighted by atomic mass is 10.2.